The molecule has 0 amide bonds. The van der Waals surface area contributed by atoms with E-state index >= 15 is 0 Å². The molecule has 0 spiro atoms. The van der Waals surface area contributed by atoms with E-state index in [1.54, 1.807) is 0 Å². The van der Waals surface area contributed by atoms with Crippen molar-refractivity contribution < 1.29 is 15.3 Å². The van der Waals surface area contributed by atoms with Crippen molar-refractivity contribution in [3.8, 4) is 11.5 Å². The van der Waals surface area contributed by atoms with Crippen LogP contribution in [-0.4, -0.2) is 20.9 Å². The number of aliphatic hydroxyl groups is 1. The van der Waals surface area contributed by atoms with Crippen LogP contribution < -0.4 is 0 Å². The van der Waals surface area contributed by atoms with E-state index in [9.17, 15) is 15.3 Å². The van der Waals surface area contributed by atoms with Gasteiger partial charge >= 0.3 is 0 Å². The van der Waals surface area contributed by atoms with Crippen molar-refractivity contribution in [1.82, 2.24) is 0 Å². The maximum atomic E-state index is 11.6. The van der Waals surface area contributed by atoms with E-state index in [-0.39, 0.29) is 22.8 Å². The van der Waals surface area contributed by atoms with Gasteiger partial charge in [0.1, 0.15) is 0 Å². The lowest BCUT2D eigenvalue weighted by atomic mass is 9.47. The number of hydrogen-bond donors (Lipinski definition) is 3. The third-order valence-corrected chi connectivity index (χ3v) is 6.83. The number of fused-ring (bicyclic) bond motifs is 3. The number of aryl methyl sites for hydroxylation is 1. The van der Waals surface area contributed by atoms with Gasteiger partial charge < -0.3 is 15.3 Å². The molecule has 0 aromatic heterocycles. The number of hydrogen-bond acceptors (Lipinski definition) is 3. The molecule has 3 N–H and O–H groups in total. The highest BCUT2D eigenvalue weighted by atomic mass is 16.3. The smallest absolute Gasteiger partial charge is 0.161 e. The quantitative estimate of drug-likeness (QED) is 0.674. The van der Waals surface area contributed by atoms with Crippen LogP contribution in [0.1, 0.15) is 82.9 Å². The van der Waals surface area contributed by atoms with Gasteiger partial charge in [0, 0.05) is 16.5 Å². The predicted octanol–water partition coefficient (Wildman–Crippen LogP) is 4.37. The Bertz CT molecular complexity index is 647. The van der Waals surface area contributed by atoms with Crippen LogP contribution in [-0.2, 0) is 11.8 Å². The summed E-state index contributed by atoms with van der Waals surface area (Å²) in [6.45, 7) is 10.4. The van der Waals surface area contributed by atoms with Crippen LogP contribution >= 0.6 is 0 Å². The standard InChI is InChI=1S/C20H30O3/c1-12(2)14-11-13-7-10-20(23)18(3,4)8-6-9-19(20,5)15(13)17(22)16(14)21/h11-12,21-23H,6-10H2,1-5H3. The Morgan fingerprint density at radius 2 is 1.65 bits per heavy atom. The molecule has 2 aliphatic rings. The van der Waals surface area contributed by atoms with Gasteiger partial charge in [-0.25, -0.2) is 0 Å². The number of benzene rings is 1. The summed E-state index contributed by atoms with van der Waals surface area (Å²) in [5.41, 5.74) is 1.10. The van der Waals surface area contributed by atoms with Crippen molar-refractivity contribution in [1.29, 1.82) is 0 Å². The van der Waals surface area contributed by atoms with Crippen LogP contribution in [0.4, 0.5) is 0 Å². The van der Waals surface area contributed by atoms with Gasteiger partial charge in [-0.3, -0.25) is 0 Å². The summed E-state index contributed by atoms with van der Waals surface area (Å²) >= 11 is 0. The molecule has 0 radical (unpaired) electrons. The van der Waals surface area contributed by atoms with Crippen molar-refractivity contribution in [2.24, 2.45) is 5.41 Å². The molecule has 128 valence electrons. The summed E-state index contributed by atoms with van der Waals surface area (Å²) in [7, 11) is 0. The van der Waals surface area contributed by atoms with E-state index in [0.29, 0.717) is 6.42 Å². The molecular weight excluding hydrogens is 288 g/mol. The summed E-state index contributed by atoms with van der Waals surface area (Å²) in [5.74, 6) is 0.139. The van der Waals surface area contributed by atoms with Crippen LogP contribution in [0.5, 0.6) is 11.5 Å². The zero-order chi connectivity index (χ0) is 17.2. The maximum Gasteiger partial charge on any atom is 0.161 e. The Balaban J connectivity index is 2.27. The van der Waals surface area contributed by atoms with Gasteiger partial charge in [-0.1, -0.05) is 47.1 Å². The first-order valence-corrected chi connectivity index (χ1v) is 8.86. The van der Waals surface area contributed by atoms with Crippen molar-refractivity contribution in [2.45, 2.75) is 83.7 Å². The number of phenols is 2. The first-order chi connectivity index (χ1) is 10.6. The van der Waals surface area contributed by atoms with Crippen molar-refractivity contribution in [3.05, 3.63) is 22.8 Å². The molecule has 3 nitrogen and oxygen atoms in total. The van der Waals surface area contributed by atoms with Gasteiger partial charge in [-0.05, 0) is 42.6 Å². The number of phenolic OH excluding ortho intramolecular Hbond substituents is 2. The summed E-state index contributed by atoms with van der Waals surface area (Å²) in [6.07, 6.45) is 4.32. The third-order valence-electron chi connectivity index (χ3n) is 6.83. The fourth-order valence-corrected chi connectivity index (χ4v) is 5.29. The van der Waals surface area contributed by atoms with Crippen LogP contribution in [0.3, 0.4) is 0 Å². The first kappa shape index (κ1) is 16.6. The second kappa shape index (κ2) is 4.89. The lowest BCUT2D eigenvalue weighted by molar-refractivity contribution is -0.160. The summed E-state index contributed by atoms with van der Waals surface area (Å²) in [4.78, 5) is 0. The monoisotopic (exact) mass is 318 g/mol. The third kappa shape index (κ3) is 1.98. The highest BCUT2D eigenvalue weighted by Gasteiger charge is 2.61. The fraction of sp³-hybridized carbons (Fsp3) is 0.700. The Labute approximate surface area is 139 Å². The molecule has 1 aromatic rings. The van der Waals surface area contributed by atoms with E-state index in [4.69, 9.17) is 0 Å². The molecule has 0 aliphatic heterocycles. The minimum absolute atomic E-state index is 0.00685. The van der Waals surface area contributed by atoms with Gasteiger partial charge in [0.25, 0.3) is 0 Å². The molecule has 1 aromatic carbocycles. The van der Waals surface area contributed by atoms with E-state index < -0.39 is 11.0 Å². The van der Waals surface area contributed by atoms with Crippen molar-refractivity contribution in [3.63, 3.8) is 0 Å². The molecule has 1 saturated carbocycles. The maximum absolute atomic E-state index is 11.6. The zero-order valence-electron chi connectivity index (χ0n) is 15.0. The average molecular weight is 318 g/mol. The molecule has 3 rings (SSSR count). The highest BCUT2D eigenvalue weighted by molar-refractivity contribution is 5.60. The normalized spacial score (nSPS) is 32.5. The summed E-state index contributed by atoms with van der Waals surface area (Å²) in [6, 6.07) is 2.04. The van der Waals surface area contributed by atoms with Crippen molar-refractivity contribution in [2.75, 3.05) is 0 Å². The SMILES string of the molecule is CC(C)c1cc2c(c(O)c1O)C1(C)CCCC(C)(C)C1(O)CC2. The second-order valence-electron chi connectivity index (χ2n) is 8.78. The molecule has 2 atom stereocenters. The lowest BCUT2D eigenvalue weighted by Gasteiger charge is -2.60. The van der Waals surface area contributed by atoms with Gasteiger partial charge in [-0.2, -0.15) is 0 Å². The predicted molar refractivity (Wildman–Crippen MR) is 92.1 cm³/mol. The largest absolute Gasteiger partial charge is 0.504 e. The molecule has 2 unspecified atom stereocenters. The minimum Gasteiger partial charge on any atom is -0.504 e. The van der Waals surface area contributed by atoms with Gasteiger partial charge in [-0.15, -0.1) is 0 Å². The molecule has 0 saturated heterocycles. The van der Waals surface area contributed by atoms with Crippen LogP contribution in [0.25, 0.3) is 0 Å². The molecule has 0 bridgehead atoms. The molecule has 1 fully saturated rings. The Kier molecular flexibility index (Phi) is 3.54. The first-order valence-electron chi connectivity index (χ1n) is 8.86. The number of rotatable bonds is 1. The fourth-order valence-electron chi connectivity index (χ4n) is 5.29. The average Bonchev–Trinajstić information content (AvgIpc) is 2.44. The van der Waals surface area contributed by atoms with Gasteiger partial charge in [0.05, 0.1) is 5.60 Å². The van der Waals surface area contributed by atoms with Gasteiger partial charge in [0.2, 0.25) is 0 Å². The topological polar surface area (TPSA) is 60.7 Å². The van der Waals surface area contributed by atoms with E-state index in [2.05, 4.69) is 20.8 Å². The molecule has 23 heavy (non-hydrogen) atoms. The molecule has 0 heterocycles. The van der Waals surface area contributed by atoms with E-state index in [0.717, 1.165) is 42.4 Å². The van der Waals surface area contributed by atoms with Crippen LogP contribution in [0.2, 0.25) is 0 Å². The second-order valence-corrected chi connectivity index (χ2v) is 8.78. The number of aromatic hydroxyl groups is 2. The Morgan fingerprint density at radius 3 is 2.26 bits per heavy atom. The summed E-state index contributed by atoms with van der Waals surface area (Å²) in [5, 5.41) is 32.9. The van der Waals surface area contributed by atoms with Crippen LogP contribution in [0.15, 0.2) is 6.07 Å². The van der Waals surface area contributed by atoms with E-state index in [1.807, 2.05) is 19.9 Å². The molecule has 2 aliphatic carbocycles. The Hall–Kier alpha value is -1.22. The Morgan fingerprint density at radius 1 is 1.00 bits per heavy atom. The zero-order valence-corrected chi connectivity index (χ0v) is 15.0. The van der Waals surface area contributed by atoms with Crippen molar-refractivity contribution >= 4 is 0 Å². The van der Waals surface area contributed by atoms with E-state index in [1.165, 1.54) is 0 Å². The molecular formula is C20H30O3. The van der Waals surface area contributed by atoms with Gasteiger partial charge in [0.15, 0.2) is 11.5 Å². The highest BCUT2D eigenvalue weighted by Crippen LogP contribution is 2.62. The van der Waals surface area contributed by atoms with Crippen LogP contribution in [0, 0.1) is 5.41 Å². The summed E-state index contributed by atoms with van der Waals surface area (Å²) < 4.78 is 0. The lowest BCUT2D eigenvalue weighted by Crippen LogP contribution is -2.63. The minimum atomic E-state index is -0.853. The molecule has 3 heteroatoms.